The lowest BCUT2D eigenvalue weighted by atomic mass is 10.0. The van der Waals surface area contributed by atoms with Crippen molar-refractivity contribution in [2.24, 2.45) is 0 Å². The van der Waals surface area contributed by atoms with Crippen molar-refractivity contribution >= 4 is 16.7 Å². The topological polar surface area (TPSA) is 66.8 Å². The van der Waals surface area contributed by atoms with Crippen molar-refractivity contribution in [3.8, 4) is 11.5 Å². The molecule has 0 amide bonds. The van der Waals surface area contributed by atoms with Crippen LogP contribution in [0.2, 0.25) is 0 Å². The SMILES string of the molecule is CCCOC(=O)c1cc(O)c2cc(CC)ccc2c1O. The fourth-order valence-corrected chi connectivity index (χ4v) is 2.09. The molecule has 0 aliphatic carbocycles. The van der Waals surface area contributed by atoms with Crippen LogP contribution in [0.3, 0.4) is 0 Å². The Balaban J connectivity index is 2.54. The standard InChI is InChI=1S/C16H18O4/c1-3-7-20-16(19)13-9-14(17)12-8-10(4-2)5-6-11(12)15(13)18/h5-6,8-9,17-18H,3-4,7H2,1-2H3. The molecule has 2 aromatic carbocycles. The average molecular weight is 274 g/mol. The Hall–Kier alpha value is -2.23. The van der Waals surface area contributed by atoms with Crippen molar-refractivity contribution in [1.82, 2.24) is 0 Å². The minimum absolute atomic E-state index is 0.00676. The molecule has 0 bridgehead atoms. The summed E-state index contributed by atoms with van der Waals surface area (Å²) in [6.07, 6.45) is 1.53. The number of carbonyl (C=O) groups is 1. The van der Waals surface area contributed by atoms with Gasteiger partial charge in [0, 0.05) is 10.8 Å². The lowest BCUT2D eigenvalue weighted by molar-refractivity contribution is 0.0501. The normalized spacial score (nSPS) is 10.7. The van der Waals surface area contributed by atoms with Gasteiger partial charge in [0.25, 0.3) is 0 Å². The third-order valence-electron chi connectivity index (χ3n) is 3.22. The zero-order valence-corrected chi connectivity index (χ0v) is 11.6. The van der Waals surface area contributed by atoms with Crippen molar-refractivity contribution in [1.29, 1.82) is 0 Å². The molecule has 4 nitrogen and oxygen atoms in total. The highest BCUT2D eigenvalue weighted by atomic mass is 16.5. The number of fused-ring (bicyclic) bond motifs is 1. The van der Waals surface area contributed by atoms with Gasteiger partial charge in [-0.15, -0.1) is 0 Å². The van der Waals surface area contributed by atoms with E-state index < -0.39 is 5.97 Å². The summed E-state index contributed by atoms with van der Waals surface area (Å²) in [5, 5.41) is 21.2. The largest absolute Gasteiger partial charge is 0.507 e. The molecular formula is C16H18O4. The molecule has 0 spiro atoms. The van der Waals surface area contributed by atoms with Crippen LogP contribution >= 0.6 is 0 Å². The first-order valence-corrected chi connectivity index (χ1v) is 6.73. The highest BCUT2D eigenvalue weighted by molar-refractivity contribution is 6.03. The van der Waals surface area contributed by atoms with Crippen LogP contribution in [0.25, 0.3) is 10.8 Å². The number of ether oxygens (including phenoxy) is 1. The summed E-state index contributed by atoms with van der Waals surface area (Å²) in [7, 11) is 0. The predicted molar refractivity (Wildman–Crippen MR) is 77.2 cm³/mol. The average Bonchev–Trinajstić information content (AvgIpc) is 2.47. The molecule has 0 heterocycles. The number of esters is 1. The molecular weight excluding hydrogens is 256 g/mol. The van der Waals surface area contributed by atoms with Gasteiger partial charge in [-0.05, 0) is 30.5 Å². The molecule has 2 rings (SSSR count). The van der Waals surface area contributed by atoms with Crippen LogP contribution in [0, 0.1) is 0 Å². The number of aromatic hydroxyl groups is 2. The van der Waals surface area contributed by atoms with E-state index in [1.807, 2.05) is 26.0 Å². The number of benzene rings is 2. The van der Waals surface area contributed by atoms with Gasteiger partial charge in [-0.2, -0.15) is 0 Å². The number of rotatable bonds is 4. The minimum atomic E-state index is -0.624. The smallest absolute Gasteiger partial charge is 0.342 e. The Kier molecular flexibility index (Phi) is 4.13. The molecule has 0 saturated carbocycles. The summed E-state index contributed by atoms with van der Waals surface area (Å²) in [5.74, 6) is -0.806. The molecule has 0 fully saturated rings. The van der Waals surface area contributed by atoms with Gasteiger partial charge in [0.15, 0.2) is 0 Å². The number of aryl methyl sites for hydroxylation is 1. The monoisotopic (exact) mass is 274 g/mol. The van der Waals surface area contributed by atoms with Gasteiger partial charge in [-0.25, -0.2) is 4.79 Å². The Morgan fingerprint density at radius 2 is 1.90 bits per heavy atom. The number of carbonyl (C=O) groups excluding carboxylic acids is 1. The molecule has 0 saturated heterocycles. The molecule has 20 heavy (non-hydrogen) atoms. The van der Waals surface area contributed by atoms with Gasteiger partial charge in [-0.3, -0.25) is 0 Å². The highest BCUT2D eigenvalue weighted by Gasteiger charge is 2.18. The van der Waals surface area contributed by atoms with Crippen molar-refractivity contribution in [3.05, 3.63) is 35.4 Å². The van der Waals surface area contributed by atoms with Crippen LogP contribution in [-0.2, 0) is 11.2 Å². The fraction of sp³-hybridized carbons (Fsp3) is 0.312. The van der Waals surface area contributed by atoms with Crippen LogP contribution in [0.15, 0.2) is 24.3 Å². The number of phenols is 2. The van der Waals surface area contributed by atoms with E-state index in [0.717, 1.165) is 12.0 Å². The summed E-state index contributed by atoms with van der Waals surface area (Å²) >= 11 is 0. The van der Waals surface area contributed by atoms with Crippen molar-refractivity contribution in [2.75, 3.05) is 6.61 Å². The zero-order valence-electron chi connectivity index (χ0n) is 11.6. The van der Waals surface area contributed by atoms with E-state index in [4.69, 9.17) is 4.74 Å². The van der Waals surface area contributed by atoms with E-state index in [0.29, 0.717) is 17.2 Å². The first-order chi connectivity index (χ1) is 9.58. The molecule has 0 atom stereocenters. The van der Waals surface area contributed by atoms with Crippen LogP contribution in [0.5, 0.6) is 11.5 Å². The maximum absolute atomic E-state index is 11.9. The molecule has 0 unspecified atom stereocenters. The highest BCUT2D eigenvalue weighted by Crippen LogP contribution is 2.36. The van der Waals surface area contributed by atoms with Crippen LogP contribution in [0.4, 0.5) is 0 Å². The van der Waals surface area contributed by atoms with Gasteiger partial charge in [-0.1, -0.05) is 26.0 Å². The zero-order chi connectivity index (χ0) is 14.7. The summed E-state index contributed by atoms with van der Waals surface area (Å²) in [5.41, 5.74) is 1.04. The third-order valence-corrected chi connectivity index (χ3v) is 3.22. The summed E-state index contributed by atoms with van der Waals surface area (Å²) in [4.78, 5) is 11.9. The third kappa shape index (κ3) is 2.54. The summed E-state index contributed by atoms with van der Waals surface area (Å²) in [6.45, 7) is 4.18. The van der Waals surface area contributed by atoms with Gasteiger partial charge in [0.2, 0.25) is 0 Å². The molecule has 0 aromatic heterocycles. The van der Waals surface area contributed by atoms with Crippen molar-refractivity contribution < 1.29 is 19.7 Å². The summed E-state index contributed by atoms with van der Waals surface area (Å²) < 4.78 is 5.00. The Labute approximate surface area is 117 Å². The summed E-state index contributed by atoms with van der Waals surface area (Å²) in [6, 6.07) is 6.64. The van der Waals surface area contributed by atoms with E-state index in [1.54, 1.807) is 6.07 Å². The van der Waals surface area contributed by atoms with E-state index in [2.05, 4.69) is 0 Å². The lowest BCUT2D eigenvalue weighted by Crippen LogP contribution is -2.06. The second kappa shape index (κ2) is 5.82. The van der Waals surface area contributed by atoms with Gasteiger partial charge >= 0.3 is 5.97 Å². The first kappa shape index (κ1) is 14.2. The van der Waals surface area contributed by atoms with E-state index >= 15 is 0 Å². The molecule has 0 aliphatic rings. The number of hydrogen-bond acceptors (Lipinski definition) is 4. The number of phenolic OH excluding ortho intramolecular Hbond substituents is 2. The molecule has 106 valence electrons. The molecule has 2 N–H and O–H groups in total. The predicted octanol–water partition coefficient (Wildman–Crippen LogP) is 3.38. The van der Waals surface area contributed by atoms with Gasteiger partial charge < -0.3 is 14.9 Å². The van der Waals surface area contributed by atoms with Gasteiger partial charge in [0.1, 0.15) is 17.1 Å². The first-order valence-electron chi connectivity index (χ1n) is 6.73. The Bertz CT molecular complexity index is 646. The van der Waals surface area contributed by atoms with Gasteiger partial charge in [0.05, 0.1) is 6.61 Å². The quantitative estimate of drug-likeness (QED) is 0.662. The van der Waals surface area contributed by atoms with E-state index in [9.17, 15) is 15.0 Å². The minimum Gasteiger partial charge on any atom is -0.507 e. The maximum Gasteiger partial charge on any atom is 0.342 e. The Morgan fingerprint density at radius 3 is 2.55 bits per heavy atom. The molecule has 2 aromatic rings. The van der Waals surface area contributed by atoms with Crippen LogP contribution < -0.4 is 0 Å². The molecule has 0 aliphatic heterocycles. The van der Waals surface area contributed by atoms with Crippen LogP contribution in [0.1, 0.15) is 36.2 Å². The lowest BCUT2D eigenvalue weighted by Gasteiger charge is -2.10. The maximum atomic E-state index is 11.9. The Morgan fingerprint density at radius 1 is 1.15 bits per heavy atom. The second-order valence-electron chi connectivity index (χ2n) is 4.66. The fourth-order valence-electron chi connectivity index (χ4n) is 2.09. The van der Waals surface area contributed by atoms with Crippen molar-refractivity contribution in [3.63, 3.8) is 0 Å². The molecule has 0 radical (unpaired) electrons. The number of hydrogen-bond donors (Lipinski definition) is 2. The second-order valence-corrected chi connectivity index (χ2v) is 4.66. The van der Waals surface area contributed by atoms with Crippen molar-refractivity contribution in [2.45, 2.75) is 26.7 Å². The van der Waals surface area contributed by atoms with E-state index in [-0.39, 0.29) is 23.7 Å². The van der Waals surface area contributed by atoms with Crippen LogP contribution in [-0.4, -0.2) is 22.8 Å². The van der Waals surface area contributed by atoms with E-state index in [1.165, 1.54) is 6.07 Å². The molecule has 4 heteroatoms.